The Bertz CT molecular complexity index is 842. The van der Waals surface area contributed by atoms with Crippen LogP contribution in [0.25, 0.3) is 0 Å². The predicted octanol–water partition coefficient (Wildman–Crippen LogP) is 1.97. The third-order valence-corrected chi connectivity index (χ3v) is 4.50. The standard InChI is InChI=1S/C22H27N3O8/c1-2-14-31-22(30)24-17(20(28)33-25-18(26)11-12-19(25)27)10-6-7-13-23-21(29)32-15-16-8-4-3-5-9-16/h2-5,8-9,17H,1,6-7,10-15H2,(H,23,29)(H,24,30)/t17-/m1/s1. The van der Waals surface area contributed by atoms with Crippen molar-refractivity contribution in [2.75, 3.05) is 13.2 Å². The second kappa shape index (κ2) is 13.5. The van der Waals surface area contributed by atoms with E-state index < -0.39 is 36.0 Å². The Morgan fingerprint density at radius 3 is 2.39 bits per heavy atom. The fourth-order valence-electron chi connectivity index (χ4n) is 2.82. The Morgan fingerprint density at radius 1 is 1.03 bits per heavy atom. The molecule has 0 radical (unpaired) electrons. The summed E-state index contributed by atoms with van der Waals surface area (Å²) in [5.41, 5.74) is 0.860. The molecule has 0 unspecified atom stereocenters. The summed E-state index contributed by atoms with van der Waals surface area (Å²) in [5.74, 6) is -2.22. The van der Waals surface area contributed by atoms with Crippen molar-refractivity contribution in [3.8, 4) is 0 Å². The van der Waals surface area contributed by atoms with Crippen molar-refractivity contribution in [2.45, 2.75) is 44.8 Å². The third kappa shape index (κ3) is 9.01. The molecular formula is C22H27N3O8. The van der Waals surface area contributed by atoms with E-state index in [0.29, 0.717) is 17.9 Å². The number of ether oxygens (including phenoxy) is 2. The summed E-state index contributed by atoms with van der Waals surface area (Å²) >= 11 is 0. The summed E-state index contributed by atoms with van der Waals surface area (Å²) in [5, 5.41) is 5.36. The van der Waals surface area contributed by atoms with E-state index in [9.17, 15) is 24.0 Å². The van der Waals surface area contributed by atoms with Crippen molar-refractivity contribution >= 4 is 30.0 Å². The topological polar surface area (TPSA) is 140 Å². The molecule has 0 saturated carbocycles. The Morgan fingerprint density at radius 2 is 1.73 bits per heavy atom. The van der Waals surface area contributed by atoms with Gasteiger partial charge in [0.25, 0.3) is 11.8 Å². The number of hydroxylamine groups is 2. The lowest BCUT2D eigenvalue weighted by atomic mass is 10.1. The lowest BCUT2D eigenvalue weighted by Crippen LogP contribution is -2.45. The summed E-state index contributed by atoms with van der Waals surface area (Å²) in [4.78, 5) is 64.3. The van der Waals surface area contributed by atoms with Crippen LogP contribution in [-0.4, -0.2) is 54.2 Å². The van der Waals surface area contributed by atoms with Gasteiger partial charge in [0.1, 0.15) is 19.3 Å². The Labute approximate surface area is 191 Å². The summed E-state index contributed by atoms with van der Waals surface area (Å²) in [7, 11) is 0. The molecule has 4 amide bonds. The van der Waals surface area contributed by atoms with Crippen LogP contribution >= 0.6 is 0 Å². The van der Waals surface area contributed by atoms with Gasteiger partial charge in [-0.2, -0.15) is 0 Å². The maximum atomic E-state index is 12.4. The van der Waals surface area contributed by atoms with E-state index in [0.717, 1.165) is 5.56 Å². The fourth-order valence-corrected chi connectivity index (χ4v) is 2.82. The molecule has 1 saturated heterocycles. The monoisotopic (exact) mass is 461 g/mol. The number of amides is 4. The zero-order valence-corrected chi connectivity index (χ0v) is 18.1. The molecule has 0 aromatic heterocycles. The van der Waals surface area contributed by atoms with Crippen LogP contribution < -0.4 is 10.6 Å². The van der Waals surface area contributed by atoms with Gasteiger partial charge in [-0.05, 0) is 24.8 Å². The highest BCUT2D eigenvalue weighted by molar-refractivity contribution is 6.01. The second-order valence-corrected chi connectivity index (χ2v) is 7.06. The molecule has 1 heterocycles. The van der Waals surface area contributed by atoms with Crippen molar-refractivity contribution < 1.29 is 38.3 Å². The van der Waals surface area contributed by atoms with Gasteiger partial charge >= 0.3 is 18.2 Å². The summed E-state index contributed by atoms with van der Waals surface area (Å²) in [6.07, 6.45) is 0.813. The second-order valence-electron chi connectivity index (χ2n) is 7.06. The van der Waals surface area contributed by atoms with Gasteiger partial charge in [-0.1, -0.05) is 43.0 Å². The zero-order valence-electron chi connectivity index (χ0n) is 18.1. The molecule has 11 nitrogen and oxygen atoms in total. The number of carbonyl (C=O) groups excluding carboxylic acids is 5. The fraction of sp³-hybridized carbons (Fsp3) is 0.409. The van der Waals surface area contributed by atoms with Crippen molar-refractivity contribution in [1.29, 1.82) is 0 Å². The number of alkyl carbamates (subject to hydrolysis) is 2. The minimum atomic E-state index is -1.16. The highest BCUT2D eigenvalue weighted by atomic mass is 16.7. The third-order valence-electron chi connectivity index (χ3n) is 4.50. The Kier molecular flexibility index (Phi) is 10.4. The summed E-state index contributed by atoms with van der Waals surface area (Å²) in [6, 6.07) is 8.06. The quantitative estimate of drug-likeness (QED) is 0.273. The SMILES string of the molecule is C=CCOC(=O)N[C@H](CCCCNC(=O)OCc1ccccc1)C(=O)ON1C(=O)CCC1=O. The van der Waals surface area contributed by atoms with Crippen LogP contribution in [0, 0.1) is 0 Å². The van der Waals surface area contributed by atoms with Gasteiger partial charge in [-0.3, -0.25) is 9.59 Å². The molecule has 0 bridgehead atoms. The molecule has 1 atom stereocenters. The lowest BCUT2D eigenvalue weighted by Gasteiger charge is -2.20. The van der Waals surface area contributed by atoms with E-state index >= 15 is 0 Å². The molecule has 11 heteroatoms. The van der Waals surface area contributed by atoms with Gasteiger partial charge in [0.2, 0.25) is 0 Å². The molecule has 2 N–H and O–H groups in total. The summed E-state index contributed by atoms with van der Waals surface area (Å²) < 4.78 is 9.91. The van der Waals surface area contributed by atoms with Gasteiger partial charge < -0.3 is 24.9 Å². The normalized spacial score (nSPS) is 13.8. The molecule has 1 aromatic rings. The first kappa shape index (κ1) is 25.4. The van der Waals surface area contributed by atoms with Gasteiger partial charge in [-0.25, -0.2) is 14.4 Å². The largest absolute Gasteiger partial charge is 0.445 e. The molecule has 2 rings (SSSR count). The molecule has 1 fully saturated rings. The maximum Gasteiger partial charge on any atom is 0.408 e. The molecule has 1 aliphatic heterocycles. The molecule has 178 valence electrons. The van der Waals surface area contributed by atoms with Crippen LogP contribution in [0.3, 0.4) is 0 Å². The number of rotatable bonds is 12. The number of imide groups is 1. The van der Waals surface area contributed by atoms with Crippen molar-refractivity contribution in [1.82, 2.24) is 15.7 Å². The van der Waals surface area contributed by atoms with Gasteiger partial charge in [0, 0.05) is 19.4 Å². The van der Waals surface area contributed by atoms with Gasteiger partial charge in [-0.15, -0.1) is 5.06 Å². The smallest absolute Gasteiger partial charge is 0.408 e. The van der Waals surface area contributed by atoms with Crippen LogP contribution in [0.2, 0.25) is 0 Å². The average Bonchev–Trinajstić information content (AvgIpc) is 3.13. The lowest BCUT2D eigenvalue weighted by molar-refractivity contribution is -0.199. The molecule has 1 aromatic carbocycles. The minimum absolute atomic E-state index is 0.0440. The van der Waals surface area contributed by atoms with Crippen LogP contribution in [-0.2, 0) is 35.3 Å². The van der Waals surface area contributed by atoms with Crippen molar-refractivity contribution in [2.24, 2.45) is 0 Å². The molecule has 33 heavy (non-hydrogen) atoms. The van der Waals surface area contributed by atoms with E-state index in [1.165, 1.54) is 6.08 Å². The number of carbonyl (C=O) groups is 5. The van der Waals surface area contributed by atoms with E-state index in [2.05, 4.69) is 17.2 Å². The molecule has 0 aliphatic carbocycles. The maximum absolute atomic E-state index is 12.4. The van der Waals surface area contributed by atoms with Crippen LogP contribution in [0.5, 0.6) is 0 Å². The molecule has 0 spiro atoms. The van der Waals surface area contributed by atoms with Crippen LogP contribution in [0.1, 0.15) is 37.7 Å². The van der Waals surface area contributed by atoms with Crippen LogP contribution in [0.15, 0.2) is 43.0 Å². The first-order chi connectivity index (χ1) is 15.9. The van der Waals surface area contributed by atoms with Gasteiger partial charge in [0.05, 0.1) is 0 Å². The van der Waals surface area contributed by atoms with E-state index in [-0.39, 0.29) is 39.0 Å². The Hall–Kier alpha value is -3.89. The number of nitrogens with one attached hydrogen (secondary N) is 2. The van der Waals surface area contributed by atoms with Crippen molar-refractivity contribution in [3.05, 3.63) is 48.6 Å². The minimum Gasteiger partial charge on any atom is -0.445 e. The van der Waals surface area contributed by atoms with Gasteiger partial charge in [0.15, 0.2) is 0 Å². The van der Waals surface area contributed by atoms with E-state index in [1.54, 1.807) is 0 Å². The number of benzene rings is 1. The summed E-state index contributed by atoms with van der Waals surface area (Å²) in [6.45, 7) is 3.78. The number of nitrogens with zero attached hydrogens (tertiary/aromatic N) is 1. The number of hydrogen-bond donors (Lipinski definition) is 2. The van der Waals surface area contributed by atoms with E-state index in [1.807, 2.05) is 30.3 Å². The van der Waals surface area contributed by atoms with Crippen LogP contribution in [0.4, 0.5) is 9.59 Å². The predicted molar refractivity (Wildman–Crippen MR) is 114 cm³/mol. The first-order valence-electron chi connectivity index (χ1n) is 10.5. The number of unbranched alkanes of at least 4 members (excludes halogenated alkanes) is 1. The average molecular weight is 461 g/mol. The first-order valence-corrected chi connectivity index (χ1v) is 10.5. The highest BCUT2D eigenvalue weighted by Crippen LogP contribution is 2.14. The number of hydrogen-bond acceptors (Lipinski definition) is 8. The Balaban J connectivity index is 1.76. The molecular weight excluding hydrogens is 434 g/mol. The van der Waals surface area contributed by atoms with Crippen molar-refractivity contribution in [3.63, 3.8) is 0 Å². The highest BCUT2D eigenvalue weighted by Gasteiger charge is 2.35. The zero-order chi connectivity index (χ0) is 24.1. The van der Waals surface area contributed by atoms with E-state index in [4.69, 9.17) is 14.3 Å². The molecule has 1 aliphatic rings.